The Morgan fingerprint density at radius 1 is 1.25 bits per heavy atom. The van der Waals surface area contributed by atoms with Crippen molar-refractivity contribution in [2.75, 3.05) is 0 Å². The molecule has 0 atom stereocenters. The number of rotatable bonds is 3. The fraction of sp³-hybridized carbons (Fsp3) is 0.500. The Kier molecular flexibility index (Phi) is 4.11. The van der Waals surface area contributed by atoms with E-state index in [1.54, 1.807) is 0 Å². The van der Waals surface area contributed by atoms with Crippen molar-refractivity contribution in [1.82, 2.24) is 9.78 Å². The molecule has 0 spiro atoms. The van der Waals surface area contributed by atoms with E-state index >= 15 is 0 Å². The number of hydrogen-bond donors (Lipinski definition) is 0. The fourth-order valence-electron chi connectivity index (χ4n) is 1.87. The van der Waals surface area contributed by atoms with E-state index in [1.165, 1.54) is 10.9 Å². The zero-order chi connectivity index (χ0) is 12.3. The molecule has 1 aromatic rings. The second-order valence-corrected chi connectivity index (χ2v) is 4.57. The summed E-state index contributed by atoms with van der Waals surface area (Å²) in [5, 5.41) is 7.11. The Labute approximate surface area is 98.0 Å². The molecule has 2 nitrogen and oxygen atoms in total. The highest BCUT2D eigenvalue weighted by molar-refractivity contribution is 5.37. The van der Waals surface area contributed by atoms with E-state index in [-0.39, 0.29) is 0 Å². The van der Waals surface area contributed by atoms with Gasteiger partial charge in [0.2, 0.25) is 0 Å². The Bertz CT molecular complexity index is 476. The van der Waals surface area contributed by atoms with Crippen molar-refractivity contribution in [3.8, 4) is 0 Å². The average Bonchev–Trinajstić information content (AvgIpc) is 2.57. The highest BCUT2D eigenvalue weighted by Crippen LogP contribution is 2.06. The van der Waals surface area contributed by atoms with Crippen LogP contribution < -0.4 is 10.6 Å². The van der Waals surface area contributed by atoms with Gasteiger partial charge >= 0.3 is 0 Å². The zero-order valence-electron chi connectivity index (χ0n) is 11.0. The third-order valence-corrected chi connectivity index (χ3v) is 2.61. The Morgan fingerprint density at radius 3 is 2.25 bits per heavy atom. The molecule has 0 aromatic carbocycles. The van der Waals surface area contributed by atoms with E-state index in [0.717, 1.165) is 5.35 Å². The van der Waals surface area contributed by atoms with Crippen molar-refractivity contribution in [3.63, 3.8) is 0 Å². The molecule has 0 aliphatic rings. The third-order valence-electron chi connectivity index (χ3n) is 2.61. The van der Waals surface area contributed by atoms with Gasteiger partial charge in [0.05, 0.1) is 11.0 Å². The van der Waals surface area contributed by atoms with Crippen molar-refractivity contribution in [1.29, 1.82) is 0 Å². The van der Waals surface area contributed by atoms with Crippen molar-refractivity contribution in [2.45, 2.75) is 46.6 Å². The summed E-state index contributed by atoms with van der Waals surface area (Å²) in [6.07, 6.45) is 6.00. The predicted molar refractivity (Wildman–Crippen MR) is 70.8 cm³/mol. The fourth-order valence-corrected chi connectivity index (χ4v) is 1.87. The van der Waals surface area contributed by atoms with Crippen LogP contribution in [0, 0.1) is 0 Å². The van der Waals surface area contributed by atoms with Gasteiger partial charge in [0.1, 0.15) is 0 Å². The maximum Gasteiger partial charge on any atom is 0.0725 e. The van der Waals surface area contributed by atoms with E-state index in [2.05, 4.69) is 52.0 Å². The molecule has 2 heteroatoms. The van der Waals surface area contributed by atoms with Crippen molar-refractivity contribution in [2.24, 2.45) is 0 Å². The number of hydrogen-bond acceptors (Lipinski definition) is 1. The predicted octanol–water partition coefficient (Wildman–Crippen LogP) is 2.35. The molecular weight excluding hydrogens is 196 g/mol. The SMILES string of the molecule is C=C/C=c1\c(=C/C)c(C(C)C)nn1C(C)C. The monoisotopic (exact) mass is 218 g/mol. The van der Waals surface area contributed by atoms with Crippen LogP contribution in [0.2, 0.25) is 0 Å². The molecule has 0 saturated carbocycles. The third kappa shape index (κ3) is 2.26. The lowest BCUT2D eigenvalue weighted by Crippen LogP contribution is -2.31. The first-order chi connectivity index (χ1) is 7.52. The van der Waals surface area contributed by atoms with Gasteiger partial charge in [0.15, 0.2) is 0 Å². The van der Waals surface area contributed by atoms with Crippen LogP contribution in [0.4, 0.5) is 0 Å². The molecule has 0 bridgehead atoms. The number of nitrogens with zero attached hydrogens (tertiary/aromatic N) is 2. The molecule has 0 aliphatic carbocycles. The first kappa shape index (κ1) is 12.8. The van der Waals surface area contributed by atoms with E-state index in [0.29, 0.717) is 12.0 Å². The molecule has 0 amide bonds. The molecule has 0 saturated heterocycles. The quantitative estimate of drug-likeness (QED) is 0.761. The lowest BCUT2D eigenvalue weighted by molar-refractivity contribution is 0.510. The van der Waals surface area contributed by atoms with Crippen LogP contribution in [-0.2, 0) is 0 Å². The van der Waals surface area contributed by atoms with Gasteiger partial charge in [-0.2, -0.15) is 5.10 Å². The van der Waals surface area contributed by atoms with Gasteiger partial charge in [-0.3, -0.25) is 4.68 Å². The maximum absolute atomic E-state index is 4.70. The van der Waals surface area contributed by atoms with Crippen LogP contribution in [0.3, 0.4) is 0 Å². The molecule has 1 rings (SSSR count). The second kappa shape index (κ2) is 5.15. The minimum Gasteiger partial charge on any atom is -0.262 e. The van der Waals surface area contributed by atoms with Gasteiger partial charge in [-0.05, 0) is 32.8 Å². The normalized spacial score (nSPS) is 14.2. The summed E-state index contributed by atoms with van der Waals surface area (Å²) < 4.78 is 2.08. The smallest absolute Gasteiger partial charge is 0.0725 e. The van der Waals surface area contributed by atoms with Crippen LogP contribution in [0.25, 0.3) is 12.2 Å². The molecule has 0 fully saturated rings. The van der Waals surface area contributed by atoms with E-state index in [4.69, 9.17) is 5.10 Å². The Hall–Kier alpha value is -1.31. The van der Waals surface area contributed by atoms with Crippen LogP contribution in [0.5, 0.6) is 0 Å². The summed E-state index contributed by atoms with van der Waals surface area (Å²) in [7, 11) is 0. The van der Waals surface area contributed by atoms with Crippen LogP contribution >= 0.6 is 0 Å². The summed E-state index contributed by atoms with van der Waals surface area (Å²) in [4.78, 5) is 0. The molecule has 88 valence electrons. The molecule has 0 N–H and O–H groups in total. The lowest BCUT2D eigenvalue weighted by atomic mass is 10.1. The number of aromatic nitrogens is 2. The van der Waals surface area contributed by atoms with Gasteiger partial charge in [-0.1, -0.05) is 32.6 Å². The minimum atomic E-state index is 0.373. The Morgan fingerprint density at radius 2 is 1.88 bits per heavy atom. The highest BCUT2D eigenvalue weighted by Gasteiger charge is 2.11. The topological polar surface area (TPSA) is 17.8 Å². The summed E-state index contributed by atoms with van der Waals surface area (Å²) in [5.74, 6) is 0.447. The highest BCUT2D eigenvalue weighted by atomic mass is 15.3. The van der Waals surface area contributed by atoms with Gasteiger partial charge in [0.25, 0.3) is 0 Å². The molecule has 0 unspecified atom stereocenters. The molecule has 0 aliphatic heterocycles. The van der Waals surface area contributed by atoms with E-state index in [1.807, 2.05) is 12.2 Å². The van der Waals surface area contributed by atoms with Crippen molar-refractivity contribution < 1.29 is 0 Å². The van der Waals surface area contributed by atoms with Gasteiger partial charge < -0.3 is 0 Å². The second-order valence-electron chi connectivity index (χ2n) is 4.57. The summed E-state index contributed by atoms with van der Waals surface area (Å²) in [6, 6.07) is 0.373. The summed E-state index contributed by atoms with van der Waals surface area (Å²) >= 11 is 0. The first-order valence-electron chi connectivity index (χ1n) is 5.90. The van der Waals surface area contributed by atoms with Crippen molar-refractivity contribution in [3.05, 3.63) is 28.9 Å². The number of allylic oxidation sites excluding steroid dienone is 1. The first-order valence-corrected chi connectivity index (χ1v) is 5.90. The van der Waals surface area contributed by atoms with Crippen molar-refractivity contribution >= 4 is 12.2 Å². The largest absolute Gasteiger partial charge is 0.262 e. The molecule has 1 heterocycles. The van der Waals surface area contributed by atoms with Gasteiger partial charge in [0, 0.05) is 11.3 Å². The van der Waals surface area contributed by atoms with Gasteiger partial charge in [-0.15, -0.1) is 0 Å². The summed E-state index contributed by atoms with van der Waals surface area (Å²) in [5.41, 5.74) is 1.17. The van der Waals surface area contributed by atoms with E-state index < -0.39 is 0 Å². The minimum absolute atomic E-state index is 0.373. The molecule has 16 heavy (non-hydrogen) atoms. The molecular formula is C14H22N2. The van der Waals surface area contributed by atoms with Crippen LogP contribution in [0.15, 0.2) is 12.7 Å². The van der Waals surface area contributed by atoms with Crippen LogP contribution in [0.1, 0.15) is 52.3 Å². The molecule has 1 aromatic heterocycles. The maximum atomic E-state index is 4.70. The Balaban J connectivity index is 3.68. The van der Waals surface area contributed by atoms with Crippen LogP contribution in [-0.4, -0.2) is 9.78 Å². The zero-order valence-corrected chi connectivity index (χ0v) is 11.0. The lowest BCUT2D eigenvalue weighted by Gasteiger charge is -2.05. The summed E-state index contributed by atoms with van der Waals surface area (Å²) in [6.45, 7) is 14.5. The standard InChI is InChI=1S/C14H22N2/c1-7-9-13-12(8-2)14(10(3)4)15-16(13)11(5)6/h7-11H,1H2,2-6H3/b12-8+,13-9+. The van der Waals surface area contributed by atoms with Gasteiger partial charge in [-0.25, -0.2) is 0 Å². The molecule has 0 radical (unpaired) electrons. The van der Waals surface area contributed by atoms with E-state index in [9.17, 15) is 0 Å². The average molecular weight is 218 g/mol.